The van der Waals surface area contributed by atoms with Gasteiger partial charge in [-0.3, -0.25) is 0 Å². The van der Waals surface area contributed by atoms with E-state index in [1.54, 1.807) is 0 Å². The van der Waals surface area contributed by atoms with Crippen LogP contribution in [0.1, 0.15) is 43.7 Å². The molecule has 21 heavy (non-hydrogen) atoms. The van der Waals surface area contributed by atoms with Crippen molar-refractivity contribution in [1.29, 1.82) is 0 Å². The fourth-order valence-corrected chi connectivity index (χ4v) is 3.85. The summed E-state index contributed by atoms with van der Waals surface area (Å²) in [6.07, 6.45) is 6.21. The first-order valence-electron chi connectivity index (χ1n) is 7.83. The molecule has 0 amide bonds. The van der Waals surface area contributed by atoms with Crippen molar-refractivity contribution in [3.05, 3.63) is 29.3 Å². The van der Waals surface area contributed by atoms with E-state index in [1.165, 1.54) is 24.0 Å². The first-order valence-corrected chi connectivity index (χ1v) is 9.48. The molecule has 0 spiro atoms. The largest absolute Gasteiger partial charge is 0.492 e. The molecule has 2 rings (SSSR count). The number of unbranched alkanes of at least 4 members (excludes halogenated alkanes) is 1. The zero-order valence-electron chi connectivity index (χ0n) is 12.7. The Morgan fingerprint density at radius 3 is 2.86 bits per heavy atom. The van der Waals surface area contributed by atoms with Gasteiger partial charge in [0.25, 0.3) is 0 Å². The molecule has 0 aliphatic heterocycles. The van der Waals surface area contributed by atoms with Crippen LogP contribution in [0.25, 0.3) is 0 Å². The van der Waals surface area contributed by atoms with E-state index in [4.69, 9.17) is 4.74 Å². The summed E-state index contributed by atoms with van der Waals surface area (Å²) < 4.78 is 31.7. The van der Waals surface area contributed by atoms with Crippen LogP contribution in [0.2, 0.25) is 0 Å². The zero-order valence-corrected chi connectivity index (χ0v) is 13.5. The standard InChI is InChI=1S/C16H25NO3S/c1-2-3-13-21(18,19)17-11-12-20-16-10-6-8-14-7-4-5-9-15(14)16/h6,8,10,17H,2-5,7,9,11-13H2,1H3. The quantitative estimate of drug-likeness (QED) is 0.751. The summed E-state index contributed by atoms with van der Waals surface area (Å²) in [4.78, 5) is 0. The summed E-state index contributed by atoms with van der Waals surface area (Å²) in [5.74, 6) is 1.12. The number of sulfonamides is 1. The molecule has 0 bridgehead atoms. The van der Waals surface area contributed by atoms with Gasteiger partial charge >= 0.3 is 0 Å². The molecule has 0 atom stereocenters. The van der Waals surface area contributed by atoms with Gasteiger partial charge in [-0.05, 0) is 49.3 Å². The van der Waals surface area contributed by atoms with Crippen molar-refractivity contribution >= 4 is 10.0 Å². The number of benzene rings is 1. The highest BCUT2D eigenvalue weighted by Gasteiger charge is 2.14. The number of aryl methyl sites for hydroxylation is 1. The molecule has 1 aromatic rings. The van der Waals surface area contributed by atoms with Crippen molar-refractivity contribution in [2.45, 2.75) is 45.4 Å². The zero-order chi connectivity index (χ0) is 15.1. The van der Waals surface area contributed by atoms with Gasteiger partial charge in [0.05, 0.1) is 5.75 Å². The van der Waals surface area contributed by atoms with Gasteiger partial charge in [-0.2, -0.15) is 0 Å². The Labute approximate surface area is 127 Å². The molecule has 118 valence electrons. The topological polar surface area (TPSA) is 55.4 Å². The van der Waals surface area contributed by atoms with Crippen LogP contribution in [0.3, 0.4) is 0 Å². The number of fused-ring (bicyclic) bond motifs is 1. The Kier molecular flexibility index (Phi) is 6.06. The lowest BCUT2D eigenvalue weighted by molar-refractivity contribution is 0.318. The van der Waals surface area contributed by atoms with E-state index < -0.39 is 10.0 Å². The van der Waals surface area contributed by atoms with Crippen LogP contribution in [0, 0.1) is 0 Å². The molecule has 4 nitrogen and oxygen atoms in total. The van der Waals surface area contributed by atoms with Crippen molar-refractivity contribution in [1.82, 2.24) is 4.72 Å². The molecule has 0 aromatic heterocycles. The number of hydrogen-bond acceptors (Lipinski definition) is 3. The number of rotatable bonds is 8. The van der Waals surface area contributed by atoms with Crippen molar-refractivity contribution in [3.63, 3.8) is 0 Å². The summed E-state index contributed by atoms with van der Waals surface area (Å²) in [5.41, 5.74) is 2.68. The highest BCUT2D eigenvalue weighted by atomic mass is 32.2. The van der Waals surface area contributed by atoms with Gasteiger partial charge in [0, 0.05) is 6.54 Å². The fraction of sp³-hybridized carbons (Fsp3) is 0.625. The summed E-state index contributed by atoms with van der Waals surface area (Å²) in [6.45, 7) is 2.69. The van der Waals surface area contributed by atoms with Crippen LogP contribution >= 0.6 is 0 Å². The van der Waals surface area contributed by atoms with Gasteiger partial charge < -0.3 is 4.74 Å². The molecule has 0 radical (unpaired) electrons. The lowest BCUT2D eigenvalue weighted by Gasteiger charge is -2.19. The summed E-state index contributed by atoms with van der Waals surface area (Å²) in [6, 6.07) is 6.16. The Morgan fingerprint density at radius 2 is 2.05 bits per heavy atom. The van der Waals surface area contributed by atoms with E-state index in [2.05, 4.69) is 10.8 Å². The van der Waals surface area contributed by atoms with Gasteiger partial charge in [0.15, 0.2) is 0 Å². The average Bonchev–Trinajstić information content (AvgIpc) is 2.50. The Hall–Kier alpha value is -1.07. The van der Waals surface area contributed by atoms with Gasteiger partial charge in [0.1, 0.15) is 12.4 Å². The van der Waals surface area contributed by atoms with Gasteiger partial charge in [-0.25, -0.2) is 13.1 Å². The molecule has 1 N–H and O–H groups in total. The highest BCUT2D eigenvalue weighted by Crippen LogP contribution is 2.29. The second-order valence-corrected chi connectivity index (χ2v) is 7.44. The molecule has 0 heterocycles. The predicted octanol–water partition coefficient (Wildman–Crippen LogP) is 2.66. The molecule has 5 heteroatoms. The maximum Gasteiger partial charge on any atom is 0.211 e. The first-order chi connectivity index (χ1) is 10.1. The molecule has 1 aliphatic rings. The fourth-order valence-electron chi connectivity index (χ4n) is 2.65. The van der Waals surface area contributed by atoms with E-state index in [1.807, 2.05) is 19.1 Å². The molecular weight excluding hydrogens is 286 g/mol. The minimum Gasteiger partial charge on any atom is -0.492 e. The second-order valence-electron chi connectivity index (χ2n) is 5.52. The van der Waals surface area contributed by atoms with Crippen molar-refractivity contribution in [2.24, 2.45) is 0 Å². The lowest BCUT2D eigenvalue weighted by Crippen LogP contribution is -2.30. The number of ether oxygens (including phenoxy) is 1. The number of hydrogen-bond donors (Lipinski definition) is 1. The Bertz CT molecular complexity index is 555. The van der Waals surface area contributed by atoms with Gasteiger partial charge in [-0.1, -0.05) is 25.5 Å². The lowest BCUT2D eigenvalue weighted by atomic mass is 9.91. The molecule has 0 unspecified atom stereocenters. The summed E-state index contributed by atoms with van der Waals surface area (Å²) in [5, 5.41) is 0. The van der Waals surface area contributed by atoms with E-state index in [0.717, 1.165) is 25.0 Å². The van der Waals surface area contributed by atoms with Crippen LogP contribution in [0.15, 0.2) is 18.2 Å². The van der Waals surface area contributed by atoms with Crippen LogP contribution in [-0.4, -0.2) is 27.3 Å². The van der Waals surface area contributed by atoms with Crippen LogP contribution in [0.5, 0.6) is 5.75 Å². The smallest absolute Gasteiger partial charge is 0.211 e. The minimum absolute atomic E-state index is 0.199. The number of nitrogens with one attached hydrogen (secondary N) is 1. The third-order valence-electron chi connectivity index (χ3n) is 3.80. The van der Waals surface area contributed by atoms with Crippen molar-refractivity contribution in [3.8, 4) is 5.75 Å². The van der Waals surface area contributed by atoms with Crippen molar-refractivity contribution < 1.29 is 13.2 Å². The maximum absolute atomic E-state index is 11.7. The van der Waals surface area contributed by atoms with Gasteiger partial charge in [-0.15, -0.1) is 0 Å². The van der Waals surface area contributed by atoms with Crippen LogP contribution in [-0.2, 0) is 22.9 Å². The molecule has 1 aromatic carbocycles. The Morgan fingerprint density at radius 1 is 1.24 bits per heavy atom. The van der Waals surface area contributed by atoms with E-state index in [0.29, 0.717) is 19.6 Å². The van der Waals surface area contributed by atoms with E-state index in [9.17, 15) is 8.42 Å². The summed E-state index contributed by atoms with van der Waals surface area (Å²) in [7, 11) is -3.15. The van der Waals surface area contributed by atoms with Gasteiger partial charge in [0.2, 0.25) is 10.0 Å². The summed E-state index contributed by atoms with van der Waals surface area (Å²) >= 11 is 0. The minimum atomic E-state index is -3.15. The predicted molar refractivity (Wildman–Crippen MR) is 85.3 cm³/mol. The van der Waals surface area contributed by atoms with Crippen LogP contribution < -0.4 is 9.46 Å². The maximum atomic E-state index is 11.7. The molecule has 1 aliphatic carbocycles. The highest BCUT2D eigenvalue weighted by molar-refractivity contribution is 7.89. The van der Waals surface area contributed by atoms with E-state index >= 15 is 0 Å². The third kappa shape index (κ3) is 5.00. The van der Waals surface area contributed by atoms with Crippen LogP contribution in [0.4, 0.5) is 0 Å². The monoisotopic (exact) mass is 311 g/mol. The SMILES string of the molecule is CCCCS(=O)(=O)NCCOc1cccc2c1CCCC2. The average molecular weight is 311 g/mol. The molecule has 0 saturated heterocycles. The Balaban J connectivity index is 1.82. The normalized spacial score (nSPS) is 14.7. The first kappa shape index (κ1) is 16.3. The molecular formula is C16H25NO3S. The van der Waals surface area contributed by atoms with Crippen molar-refractivity contribution in [2.75, 3.05) is 18.9 Å². The third-order valence-corrected chi connectivity index (χ3v) is 5.27. The molecule has 0 fully saturated rings. The molecule has 0 saturated carbocycles. The van der Waals surface area contributed by atoms with E-state index in [-0.39, 0.29) is 5.75 Å². The second kappa shape index (κ2) is 7.80.